The number of rotatable bonds is 11. The number of methoxy groups -OCH3 is 1. The summed E-state index contributed by atoms with van der Waals surface area (Å²) in [5.41, 5.74) is 15.3. The van der Waals surface area contributed by atoms with Gasteiger partial charge in [0.1, 0.15) is 23.4 Å². The van der Waals surface area contributed by atoms with Crippen molar-refractivity contribution in [3.8, 4) is 11.3 Å². The van der Waals surface area contributed by atoms with Gasteiger partial charge in [0.05, 0.1) is 60.2 Å². The van der Waals surface area contributed by atoms with Crippen molar-refractivity contribution in [2.75, 3.05) is 20.2 Å². The van der Waals surface area contributed by atoms with Gasteiger partial charge in [-0.2, -0.15) is 0 Å². The van der Waals surface area contributed by atoms with Crippen LogP contribution in [0.15, 0.2) is 72.3 Å². The highest BCUT2D eigenvalue weighted by molar-refractivity contribution is 5.92. The van der Waals surface area contributed by atoms with Gasteiger partial charge in [0.15, 0.2) is 6.23 Å². The molecule has 3 fully saturated rings. The lowest BCUT2D eigenvalue weighted by Gasteiger charge is -2.37. The van der Waals surface area contributed by atoms with Crippen molar-refractivity contribution in [2.24, 2.45) is 29.4 Å². The van der Waals surface area contributed by atoms with E-state index in [4.69, 9.17) is 25.2 Å². The van der Waals surface area contributed by atoms with Gasteiger partial charge in [0.25, 0.3) is 0 Å². The van der Waals surface area contributed by atoms with Crippen LogP contribution in [-0.4, -0.2) is 84.5 Å². The average Bonchev–Trinajstić information content (AvgIpc) is 3.89. The molecule has 1 aromatic carbocycles. The molecule has 3 amide bonds. The number of ether oxygens (including phenoxy) is 2. The summed E-state index contributed by atoms with van der Waals surface area (Å²) in [6.45, 7) is 9.11. The van der Waals surface area contributed by atoms with Gasteiger partial charge < -0.3 is 44.9 Å². The Bertz CT molecular complexity index is 2600. The normalized spacial score (nSPS) is 24.1. The molecule has 3 aromatic heterocycles. The second-order valence-corrected chi connectivity index (χ2v) is 19.3. The molecule has 14 heteroatoms. The smallest absolute Gasteiger partial charge is 0.407 e. The topological polar surface area (TPSA) is 176 Å². The van der Waals surface area contributed by atoms with Crippen molar-refractivity contribution < 1.29 is 23.9 Å². The van der Waals surface area contributed by atoms with Crippen LogP contribution in [0.1, 0.15) is 127 Å². The molecule has 4 aromatic rings. The fourth-order valence-corrected chi connectivity index (χ4v) is 10.5. The average molecular weight is 868 g/mol. The molecule has 1 saturated carbocycles. The van der Waals surface area contributed by atoms with Gasteiger partial charge in [-0.25, -0.2) is 14.8 Å². The summed E-state index contributed by atoms with van der Waals surface area (Å²) >= 11 is 0. The van der Waals surface area contributed by atoms with Crippen LogP contribution in [-0.2, 0) is 19.1 Å². The van der Waals surface area contributed by atoms with E-state index in [1.165, 1.54) is 36.8 Å². The molecule has 6 atom stereocenters. The first-order chi connectivity index (χ1) is 31.0. The lowest BCUT2D eigenvalue weighted by atomic mass is 9.89. The maximum atomic E-state index is 13.8. The largest absolute Gasteiger partial charge is 0.469 e. The van der Waals surface area contributed by atoms with E-state index < -0.39 is 18.2 Å². The van der Waals surface area contributed by atoms with Crippen LogP contribution in [0.3, 0.4) is 0 Å². The van der Waals surface area contributed by atoms with Crippen LogP contribution in [0.2, 0.25) is 0 Å². The number of nitrogens with one attached hydrogen (secondary N) is 3. The van der Waals surface area contributed by atoms with Crippen molar-refractivity contribution in [1.82, 2.24) is 39.6 Å². The standard InChI is InChI=1S/C50H61N9O5/c1-27(2)43(51)47(60)57-20-6-8-39(57)45-52-25-36(54-45)32-17-19-38-34(22-32)23-41-35-18-16-33(24-42(35)64-49(59(38)41)31-14-12-30(13-15-31)29-10-11-29)37-26-53-46(55-37)40-9-7-21-58(40)48(61)44(28(3)4)56-50(62)63-5/h12-14,17,19,22-29,31,39-40,43-44,49H,6-11,15-16,18,20-21,51H2,1-5H3,(H,52,54)(H,53,55)(H,56,62). The molecule has 6 unspecified atom stereocenters. The molecule has 0 spiro atoms. The first-order valence-corrected chi connectivity index (χ1v) is 23.4. The van der Waals surface area contributed by atoms with Crippen molar-refractivity contribution in [3.05, 3.63) is 95.3 Å². The summed E-state index contributed by atoms with van der Waals surface area (Å²) in [6.07, 6.45) is 20.7. The molecular formula is C50H61N9O5. The Labute approximate surface area is 374 Å². The number of allylic oxidation sites excluding steroid dienone is 6. The molecule has 6 heterocycles. The monoisotopic (exact) mass is 867 g/mol. The number of aromatic nitrogens is 5. The first kappa shape index (κ1) is 42.1. The minimum Gasteiger partial charge on any atom is -0.469 e. The third-order valence-electron chi connectivity index (χ3n) is 14.4. The van der Waals surface area contributed by atoms with Crippen LogP contribution in [0.25, 0.3) is 33.3 Å². The van der Waals surface area contributed by atoms with Crippen LogP contribution in [0.4, 0.5) is 4.79 Å². The van der Waals surface area contributed by atoms with E-state index in [0.29, 0.717) is 19.0 Å². The second-order valence-electron chi connectivity index (χ2n) is 19.3. The molecule has 5 N–H and O–H groups in total. The number of hydrogen-bond acceptors (Lipinski definition) is 8. The zero-order valence-electron chi connectivity index (χ0n) is 37.6. The van der Waals surface area contributed by atoms with Crippen LogP contribution in [0, 0.1) is 23.7 Å². The number of amides is 3. The predicted molar refractivity (Wildman–Crippen MR) is 245 cm³/mol. The number of nitrogens with zero attached hydrogens (tertiary/aromatic N) is 5. The molecule has 3 aliphatic carbocycles. The van der Waals surface area contributed by atoms with Crippen molar-refractivity contribution in [3.63, 3.8) is 0 Å². The van der Waals surface area contributed by atoms with Gasteiger partial charge in [-0.05, 0) is 111 Å². The van der Waals surface area contributed by atoms with Gasteiger partial charge in [-0.3, -0.25) is 9.59 Å². The molecule has 64 heavy (non-hydrogen) atoms. The number of aromatic amines is 2. The fourth-order valence-electron chi connectivity index (χ4n) is 10.5. The third kappa shape index (κ3) is 7.66. The van der Waals surface area contributed by atoms with Crippen LogP contribution in [0.5, 0.6) is 0 Å². The minimum atomic E-state index is -0.693. The Morgan fingerprint density at radius 2 is 1.59 bits per heavy atom. The summed E-state index contributed by atoms with van der Waals surface area (Å²) in [5.74, 6) is 3.10. The molecule has 10 rings (SSSR count). The lowest BCUT2D eigenvalue weighted by molar-refractivity contribution is -0.136. The van der Waals surface area contributed by atoms with E-state index >= 15 is 0 Å². The quantitative estimate of drug-likeness (QED) is 0.116. The number of benzene rings is 1. The minimum absolute atomic E-state index is 0.0101. The number of hydrogen-bond donors (Lipinski definition) is 4. The van der Waals surface area contributed by atoms with E-state index in [2.05, 4.69) is 68.4 Å². The zero-order chi connectivity index (χ0) is 44.4. The van der Waals surface area contributed by atoms with Crippen molar-refractivity contribution in [2.45, 2.75) is 116 Å². The maximum Gasteiger partial charge on any atom is 0.407 e. The number of H-pyrrole nitrogens is 2. The third-order valence-corrected chi connectivity index (χ3v) is 14.4. The Kier molecular flexibility index (Phi) is 11.1. The van der Waals surface area contributed by atoms with Gasteiger partial charge >= 0.3 is 6.09 Å². The number of fused-ring (bicyclic) bond motifs is 4. The van der Waals surface area contributed by atoms with E-state index in [-0.39, 0.29) is 47.9 Å². The van der Waals surface area contributed by atoms with Gasteiger partial charge in [-0.15, -0.1) is 0 Å². The Hall–Kier alpha value is -5.89. The zero-order valence-corrected chi connectivity index (χ0v) is 37.6. The number of imidazole rings is 2. The fraction of sp³-hybridized carbons (Fsp3) is 0.500. The van der Waals surface area contributed by atoms with Gasteiger partial charge in [-0.1, -0.05) is 52.0 Å². The number of alkyl carbamates (subject to hydrolysis) is 1. The number of carbonyl (C=O) groups excluding carboxylic acids is 3. The van der Waals surface area contributed by atoms with Crippen molar-refractivity contribution >= 4 is 40.0 Å². The van der Waals surface area contributed by atoms with Gasteiger partial charge in [0, 0.05) is 35.5 Å². The molecule has 3 aliphatic heterocycles. The first-order valence-electron chi connectivity index (χ1n) is 23.4. The van der Waals surface area contributed by atoms with E-state index in [0.717, 1.165) is 95.8 Å². The summed E-state index contributed by atoms with van der Waals surface area (Å²) in [5, 5.41) is 3.87. The van der Waals surface area contributed by atoms with Crippen molar-refractivity contribution in [1.29, 1.82) is 0 Å². The van der Waals surface area contributed by atoms with E-state index in [9.17, 15) is 14.4 Å². The summed E-state index contributed by atoms with van der Waals surface area (Å²) in [6, 6.07) is 7.39. The highest BCUT2D eigenvalue weighted by Crippen LogP contribution is 2.48. The summed E-state index contributed by atoms with van der Waals surface area (Å²) in [7, 11) is 1.31. The second kappa shape index (κ2) is 16.9. The highest BCUT2D eigenvalue weighted by Gasteiger charge is 2.40. The molecule has 336 valence electrons. The molecule has 0 bridgehead atoms. The Morgan fingerprint density at radius 1 is 0.891 bits per heavy atom. The summed E-state index contributed by atoms with van der Waals surface area (Å²) in [4.78, 5) is 59.9. The molecular weight excluding hydrogens is 807 g/mol. The lowest BCUT2D eigenvalue weighted by Crippen LogP contribution is -2.51. The molecule has 2 saturated heterocycles. The molecule has 0 radical (unpaired) electrons. The van der Waals surface area contributed by atoms with Crippen LogP contribution >= 0.6 is 0 Å². The predicted octanol–water partition coefficient (Wildman–Crippen LogP) is 8.48. The highest BCUT2D eigenvalue weighted by atomic mass is 16.5. The Morgan fingerprint density at radius 3 is 2.25 bits per heavy atom. The number of carbonyl (C=O) groups is 3. The summed E-state index contributed by atoms with van der Waals surface area (Å²) < 4.78 is 14.4. The SMILES string of the molecule is COC(=O)NC(C(=O)N1CCCC1c1ncc(C2=CC3=C(CC2)c2cc4cc(-c5cnc(C6CCCN6C(=O)C(N)C(C)C)[nH]5)ccc4n2C(C2C=CC(C4CC4)=CC2)O3)[nH]1)C(C)C. The number of likely N-dealkylation sites (tertiary alicyclic amines) is 2. The van der Waals surface area contributed by atoms with E-state index in [1.54, 1.807) is 0 Å². The molecule has 14 nitrogen and oxygen atoms in total. The Balaban J connectivity index is 0.947. The van der Waals surface area contributed by atoms with Gasteiger partial charge in [0.2, 0.25) is 11.8 Å². The molecule has 6 aliphatic rings. The van der Waals surface area contributed by atoms with Crippen LogP contribution < -0.4 is 11.1 Å². The maximum absolute atomic E-state index is 13.8. The van der Waals surface area contributed by atoms with E-state index in [1.807, 2.05) is 49.9 Å². The number of nitrogens with two attached hydrogens (primary N) is 1.